The highest BCUT2D eigenvalue weighted by atomic mass is 32.2. The molecule has 0 aromatic heterocycles. The lowest BCUT2D eigenvalue weighted by Crippen LogP contribution is -2.29. The summed E-state index contributed by atoms with van der Waals surface area (Å²) in [4.78, 5) is 1.78. The first-order valence-corrected chi connectivity index (χ1v) is 5.89. The van der Waals surface area contributed by atoms with Crippen LogP contribution >= 0.6 is 0 Å². The number of sulfonamides is 1. The SMILES string of the molecule is COc1ccc(S(=O)(=O)NN=C(N)N)cc1N. The van der Waals surface area contributed by atoms with Gasteiger partial charge in [0.25, 0.3) is 10.0 Å². The van der Waals surface area contributed by atoms with Gasteiger partial charge in [0.2, 0.25) is 5.96 Å². The normalized spacial score (nSPS) is 10.6. The first-order valence-electron chi connectivity index (χ1n) is 4.41. The smallest absolute Gasteiger partial charge is 0.276 e. The molecule has 0 saturated heterocycles. The van der Waals surface area contributed by atoms with E-state index in [1.165, 1.54) is 25.3 Å². The van der Waals surface area contributed by atoms with Crippen molar-refractivity contribution in [3.05, 3.63) is 18.2 Å². The number of nitrogens with zero attached hydrogens (tertiary/aromatic N) is 1. The maximum absolute atomic E-state index is 11.7. The molecule has 0 saturated carbocycles. The molecule has 0 atom stereocenters. The highest BCUT2D eigenvalue weighted by Gasteiger charge is 2.14. The molecule has 1 rings (SSSR count). The lowest BCUT2D eigenvalue weighted by atomic mass is 10.3. The molecule has 17 heavy (non-hydrogen) atoms. The van der Waals surface area contributed by atoms with Gasteiger partial charge in [-0.25, -0.2) is 0 Å². The van der Waals surface area contributed by atoms with Crippen LogP contribution in [0.1, 0.15) is 0 Å². The third-order valence-corrected chi connectivity index (χ3v) is 3.01. The van der Waals surface area contributed by atoms with Crippen molar-refractivity contribution in [3.8, 4) is 5.75 Å². The number of ether oxygens (including phenoxy) is 1. The second-order valence-corrected chi connectivity index (χ2v) is 4.70. The fourth-order valence-electron chi connectivity index (χ4n) is 1.05. The Labute approximate surface area is 98.5 Å². The molecule has 9 heteroatoms. The van der Waals surface area contributed by atoms with Gasteiger partial charge in [-0.3, -0.25) is 0 Å². The highest BCUT2D eigenvalue weighted by molar-refractivity contribution is 7.89. The van der Waals surface area contributed by atoms with E-state index in [1.54, 1.807) is 0 Å². The quantitative estimate of drug-likeness (QED) is 0.230. The van der Waals surface area contributed by atoms with Crippen molar-refractivity contribution in [2.45, 2.75) is 4.90 Å². The molecule has 0 spiro atoms. The summed E-state index contributed by atoms with van der Waals surface area (Å²) in [5.41, 5.74) is 15.8. The lowest BCUT2D eigenvalue weighted by Gasteiger charge is -2.07. The zero-order valence-electron chi connectivity index (χ0n) is 9.04. The van der Waals surface area contributed by atoms with Crippen LogP contribution in [0.15, 0.2) is 28.2 Å². The molecular formula is C8H13N5O3S. The first-order chi connectivity index (χ1) is 7.86. The van der Waals surface area contributed by atoms with E-state index in [0.29, 0.717) is 5.75 Å². The Morgan fingerprint density at radius 3 is 2.53 bits per heavy atom. The van der Waals surface area contributed by atoms with Crippen LogP contribution in [0.25, 0.3) is 0 Å². The molecule has 0 fully saturated rings. The van der Waals surface area contributed by atoms with Gasteiger partial charge in [-0.15, -0.1) is 5.10 Å². The topological polar surface area (TPSA) is 146 Å². The highest BCUT2D eigenvalue weighted by Crippen LogP contribution is 2.24. The molecule has 0 radical (unpaired) electrons. The average molecular weight is 259 g/mol. The molecule has 7 N–H and O–H groups in total. The second kappa shape index (κ2) is 4.78. The number of nitrogen functional groups attached to an aromatic ring is 1. The van der Waals surface area contributed by atoms with Gasteiger partial charge in [-0.1, -0.05) is 0 Å². The standard InChI is InChI=1S/C8H13N5O3S/c1-16-7-3-2-5(4-6(7)9)17(14,15)13-12-8(10)11/h2-4,13H,9H2,1H3,(H4,10,11,12). The van der Waals surface area contributed by atoms with E-state index < -0.39 is 16.0 Å². The zero-order valence-corrected chi connectivity index (χ0v) is 9.86. The van der Waals surface area contributed by atoms with E-state index in [-0.39, 0.29) is 10.6 Å². The zero-order chi connectivity index (χ0) is 13.1. The summed E-state index contributed by atoms with van der Waals surface area (Å²) in [5, 5.41) is 3.21. The predicted molar refractivity (Wildman–Crippen MR) is 63.5 cm³/mol. The minimum absolute atomic E-state index is 0.0687. The van der Waals surface area contributed by atoms with Gasteiger partial charge in [-0.05, 0) is 18.2 Å². The second-order valence-electron chi connectivity index (χ2n) is 3.04. The van der Waals surface area contributed by atoms with Crippen molar-refractivity contribution < 1.29 is 13.2 Å². The minimum Gasteiger partial charge on any atom is -0.495 e. The molecule has 1 aromatic carbocycles. The van der Waals surface area contributed by atoms with Crippen molar-refractivity contribution in [2.75, 3.05) is 12.8 Å². The van der Waals surface area contributed by atoms with E-state index in [0.717, 1.165) is 0 Å². The van der Waals surface area contributed by atoms with Crippen molar-refractivity contribution in [1.82, 2.24) is 4.83 Å². The van der Waals surface area contributed by atoms with Crippen LogP contribution < -0.4 is 26.8 Å². The molecule has 94 valence electrons. The van der Waals surface area contributed by atoms with Crippen LogP contribution in [0, 0.1) is 0 Å². The lowest BCUT2D eigenvalue weighted by molar-refractivity contribution is 0.416. The predicted octanol–water partition coefficient (Wildman–Crippen LogP) is -1.26. The Balaban J connectivity index is 3.08. The fourth-order valence-corrected chi connectivity index (χ4v) is 1.91. The number of nitrogens with one attached hydrogen (secondary N) is 1. The number of methoxy groups -OCH3 is 1. The number of hydrazone groups is 1. The summed E-state index contributed by atoms with van der Waals surface area (Å²) >= 11 is 0. The monoisotopic (exact) mass is 259 g/mol. The van der Waals surface area contributed by atoms with E-state index in [2.05, 4.69) is 5.10 Å². The third kappa shape index (κ3) is 3.14. The van der Waals surface area contributed by atoms with Gasteiger partial charge in [0.15, 0.2) is 0 Å². The van der Waals surface area contributed by atoms with Crippen LogP contribution in [0.5, 0.6) is 5.75 Å². The van der Waals surface area contributed by atoms with Gasteiger partial charge >= 0.3 is 0 Å². The Kier molecular flexibility index (Phi) is 3.63. The molecule has 0 aliphatic rings. The van der Waals surface area contributed by atoms with Gasteiger partial charge < -0.3 is 21.9 Å². The van der Waals surface area contributed by atoms with E-state index in [9.17, 15) is 8.42 Å². The van der Waals surface area contributed by atoms with Crippen molar-refractivity contribution in [2.24, 2.45) is 16.6 Å². The molecule has 1 aromatic rings. The minimum atomic E-state index is -3.84. The molecular weight excluding hydrogens is 246 g/mol. The van der Waals surface area contributed by atoms with Crippen molar-refractivity contribution in [3.63, 3.8) is 0 Å². The van der Waals surface area contributed by atoms with Crippen LogP contribution in [0.3, 0.4) is 0 Å². The number of hydrogen-bond acceptors (Lipinski definition) is 5. The third-order valence-electron chi connectivity index (χ3n) is 1.81. The van der Waals surface area contributed by atoms with Crippen molar-refractivity contribution >= 4 is 21.7 Å². The van der Waals surface area contributed by atoms with E-state index in [4.69, 9.17) is 21.9 Å². The van der Waals surface area contributed by atoms with Crippen LogP contribution in [-0.4, -0.2) is 21.5 Å². The molecule has 0 heterocycles. The summed E-state index contributed by atoms with van der Waals surface area (Å²) < 4.78 is 28.2. The summed E-state index contributed by atoms with van der Waals surface area (Å²) in [6, 6.07) is 3.99. The Bertz CT molecular complexity index is 536. The molecule has 0 aliphatic carbocycles. The summed E-state index contributed by atoms with van der Waals surface area (Å²) in [6.45, 7) is 0. The average Bonchev–Trinajstić information content (AvgIpc) is 2.26. The van der Waals surface area contributed by atoms with Gasteiger partial charge in [-0.2, -0.15) is 13.2 Å². The van der Waals surface area contributed by atoms with E-state index >= 15 is 0 Å². The molecule has 0 amide bonds. The van der Waals surface area contributed by atoms with Gasteiger partial charge in [0.1, 0.15) is 5.75 Å². The summed E-state index contributed by atoms with van der Waals surface area (Å²) in [5.74, 6) is -0.0131. The number of benzene rings is 1. The van der Waals surface area contributed by atoms with Crippen LogP contribution in [0.4, 0.5) is 5.69 Å². The summed E-state index contributed by atoms with van der Waals surface area (Å²) in [6.07, 6.45) is 0. The largest absolute Gasteiger partial charge is 0.495 e. The fraction of sp³-hybridized carbons (Fsp3) is 0.125. The molecule has 0 aliphatic heterocycles. The molecule has 0 bridgehead atoms. The molecule has 0 unspecified atom stereocenters. The number of rotatable bonds is 4. The van der Waals surface area contributed by atoms with Gasteiger partial charge in [0.05, 0.1) is 17.7 Å². The maximum Gasteiger partial charge on any atom is 0.276 e. The van der Waals surface area contributed by atoms with Crippen LogP contribution in [0.2, 0.25) is 0 Å². The number of guanidine groups is 1. The Morgan fingerprint density at radius 2 is 2.06 bits per heavy atom. The Morgan fingerprint density at radius 1 is 1.41 bits per heavy atom. The molecule has 8 nitrogen and oxygen atoms in total. The number of nitrogens with two attached hydrogens (primary N) is 3. The summed E-state index contributed by atoms with van der Waals surface area (Å²) in [7, 11) is -2.41. The Hall–Kier alpha value is -2.16. The van der Waals surface area contributed by atoms with Crippen LogP contribution in [-0.2, 0) is 10.0 Å². The van der Waals surface area contributed by atoms with Gasteiger partial charge in [0, 0.05) is 0 Å². The number of hydrogen-bond donors (Lipinski definition) is 4. The number of anilines is 1. The van der Waals surface area contributed by atoms with E-state index in [1.807, 2.05) is 4.83 Å². The maximum atomic E-state index is 11.7. The van der Waals surface area contributed by atoms with Crippen molar-refractivity contribution in [1.29, 1.82) is 0 Å². The first kappa shape index (κ1) is 12.9.